The second kappa shape index (κ2) is 4.04. The fourth-order valence-electron chi connectivity index (χ4n) is 1.53. The Morgan fingerprint density at radius 1 is 1.60 bits per heavy atom. The van der Waals surface area contributed by atoms with Gasteiger partial charge in [-0.3, -0.25) is 4.79 Å². The van der Waals surface area contributed by atoms with Crippen molar-refractivity contribution in [2.45, 2.75) is 33.3 Å². The zero-order valence-corrected chi connectivity index (χ0v) is 9.49. The van der Waals surface area contributed by atoms with Crippen LogP contribution in [0.3, 0.4) is 0 Å². The van der Waals surface area contributed by atoms with Crippen LogP contribution in [0.25, 0.3) is 0 Å². The average Bonchev–Trinajstić information content (AvgIpc) is 2.39. The number of hydrogen-bond donors (Lipinski definition) is 0. The molecule has 0 bridgehead atoms. The van der Waals surface area contributed by atoms with E-state index in [9.17, 15) is 9.59 Å². The SMILES string of the molecule is COC(=O)C(C)=CC1CC(C)(C)C(=O)O1. The maximum Gasteiger partial charge on any atom is 0.333 e. The van der Waals surface area contributed by atoms with Crippen LogP contribution in [0.5, 0.6) is 0 Å². The third kappa shape index (κ3) is 2.58. The highest BCUT2D eigenvalue weighted by molar-refractivity contribution is 5.88. The summed E-state index contributed by atoms with van der Waals surface area (Å²) in [6.45, 7) is 5.30. The Morgan fingerprint density at radius 2 is 2.20 bits per heavy atom. The highest BCUT2D eigenvalue weighted by atomic mass is 16.6. The summed E-state index contributed by atoms with van der Waals surface area (Å²) in [4.78, 5) is 22.5. The second-order valence-electron chi connectivity index (χ2n) is 4.37. The van der Waals surface area contributed by atoms with Gasteiger partial charge in [-0.1, -0.05) is 0 Å². The van der Waals surface area contributed by atoms with Gasteiger partial charge in [0, 0.05) is 12.0 Å². The molecule has 1 rings (SSSR count). The van der Waals surface area contributed by atoms with Gasteiger partial charge < -0.3 is 9.47 Å². The summed E-state index contributed by atoms with van der Waals surface area (Å²) in [5, 5.41) is 0. The van der Waals surface area contributed by atoms with Gasteiger partial charge in [0.1, 0.15) is 6.10 Å². The maximum atomic E-state index is 11.4. The van der Waals surface area contributed by atoms with Crippen molar-refractivity contribution in [3.8, 4) is 0 Å². The van der Waals surface area contributed by atoms with Crippen molar-refractivity contribution in [3.63, 3.8) is 0 Å². The third-order valence-electron chi connectivity index (χ3n) is 2.47. The number of carbonyl (C=O) groups excluding carboxylic acids is 2. The summed E-state index contributed by atoms with van der Waals surface area (Å²) in [5.74, 6) is -0.614. The molecule has 1 fully saturated rings. The molecular weight excluding hydrogens is 196 g/mol. The van der Waals surface area contributed by atoms with E-state index >= 15 is 0 Å². The zero-order valence-electron chi connectivity index (χ0n) is 9.49. The molecule has 4 nitrogen and oxygen atoms in total. The van der Waals surface area contributed by atoms with Gasteiger partial charge in [0.25, 0.3) is 0 Å². The zero-order chi connectivity index (χ0) is 11.6. The van der Waals surface area contributed by atoms with E-state index in [1.165, 1.54) is 7.11 Å². The minimum Gasteiger partial charge on any atom is -0.466 e. The molecule has 1 unspecified atom stereocenters. The maximum absolute atomic E-state index is 11.4. The van der Waals surface area contributed by atoms with Crippen LogP contribution >= 0.6 is 0 Å². The van der Waals surface area contributed by atoms with E-state index in [2.05, 4.69) is 4.74 Å². The lowest BCUT2D eigenvalue weighted by Gasteiger charge is -2.08. The molecule has 1 saturated heterocycles. The van der Waals surface area contributed by atoms with Crippen LogP contribution < -0.4 is 0 Å². The molecule has 0 aromatic rings. The Bertz CT molecular complexity index is 315. The second-order valence-corrected chi connectivity index (χ2v) is 4.37. The molecule has 1 heterocycles. The first-order valence-electron chi connectivity index (χ1n) is 4.84. The van der Waals surface area contributed by atoms with Gasteiger partial charge in [-0.05, 0) is 26.8 Å². The molecule has 1 aliphatic rings. The lowest BCUT2D eigenvalue weighted by atomic mass is 9.89. The van der Waals surface area contributed by atoms with Crippen molar-refractivity contribution >= 4 is 11.9 Å². The molecule has 15 heavy (non-hydrogen) atoms. The smallest absolute Gasteiger partial charge is 0.333 e. The van der Waals surface area contributed by atoms with E-state index in [1.807, 2.05) is 13.8 Å². The van der Waals surface area contributed by atoms with Crippen LogP contribution in [0.4, 0.5) is 0 Å². The largest absolute Gasteiger partial charge is 0.466 e. The van der Waals surface area contributed by atoms with Gasteiger partial charge in [-0.25, -0.2) is 4.79 Å². The summed E-state index contributed by atoms with van der Waals surface area (Å²) >= 11 is 0. The first-order chi connectivity index (χ1) is 6.86. The van der Waals surface area contributed by atoms with Crippen molar-refractivity contribution in [3.05, 3.63) is 11.6 Å². The van der Waals surface area contributed by atoms with Crippen molar-refractivity contribution in [1.82, 2.24) is 0 Å². The van der Waals surface area contributed by atoms with E-state index < -0.39 is 11.4 Å². The fraction of sp³-hybridized carbons (Fsp3) is 0.636. The Labute approximate surface area is 89.2 Å². The summed E-state index contributed by atoms with van der Waals surface area (Å²) in [7, 11) is 1.32. The Kier molecular flexibility index (Phi) is 3.17. The lowest BCUT2D eigenvalue weighted by molar-refractivity contribution is -0.146. The van der Waals surface area contributed by atoms with Crippen LogP contribution in [0.1, 0.15) is 27.2 Å². The number of carbonyl (C=O) groups is 2. The van der Waals surface area contributed by atoms with E-state index in [4.69, 9.17) is 4.74 Å². The van der Waals surface area contributed by atoms with Crippen LogP contribution in [-0.4, -0.2) is 25.2 Å². The van der Waals surface area contributed by atoms with E-state index in [-0.39, 0.29) is 12.1 Å². The normalized spacial score (nSPS) is 24.9. The molecule has 0 aromatic heterocycles. The highest BCUT2D eigenvalue weighted by Crippen LogP contribution is 2.33. The lowest BCUT2D eigenvalue weighted by Crippen LogP contribution is -2.16. The van der Waals surface area contributed by atoms with Gasteiger partial charge in [-0.2, -0.15) is 0 Å². The van der Waals surface area contributed by atoms with Gasteiger partial charge in [-0.15, -0.1) is 0 Å². The number of esters is 2. The molecule has 0 spiro atoms. The average molecular weight is 212 g/mol. The van der Waals surface area contributed by atoms with Crippen molar-refractivity contribution in [2.24, 2.45) is 5.41 Å². The van der Waals surface area contributed by atoms with Crippen LogP contribution in [-0.2, 0) is 19.1 Å². The van der Waals surface area contributed by atoms with Gasteiger partial charge in [0.15, 0.2) is 0 Å². The van der Waals surface area contributed by atoms with Gasteiger partial charge in [0.05, 0.1) is 12.5 Å². The summed E-state index contributed by atoms with van der Waals surface area (Å²) < 4.78 is 9.67. The minimum absolute atomic E-state index is 0.221. The predicted molar refractivity (Wildman–Crippen MR) is 54.1 cm³/mol. The van der Waals surface area contributed by atoms with E-state index in [0.29, 0.717) is 12.0 Å². The number of methoxy groups -OCH3 is 1. The molecular formula is C11H16O4. The number of ether oxygens (including phenoxy) is 2. The molecule has 0 radical (unpaired) electrons. The molecule has 0 aromatic carbocycles. The van der Waals surface area contributed by atoms with Gasteiger partial charge >= 0.3 is 11.9 Å². The van der Waals surface area contributed by atoms with Crippen molar-refractivity contribution in [1.29, 1.82) is 0 Å². The first kappa shape index (κ1) is 11.8. The quantitative estimate of drug-likeness (QED) is 0.513. The molecule has 0 aliphatic carbocycles. The third-order valence-corrected chi connectivity index (χ3v) is 2.47. The fourth-order valence-corrected chi connectivity index (χ4v) is 1.53. The van der Waals surface area contributed by atoms with Crippen LogP contribution in [0, 0.1) is 5.41 Å². The van der Waals surface area contributed by atoms with E-state index in [0.717, 1.165) is 0 Å². The summed E-state index contributed by atoms with van der Waals surface area (Å²) in [6.07, 6.45) is 1.92. The number of cyclic esters (lactones) is 1. The first-order valence-corrected chi connectivity index (χ1v) is 4.84. The summed E-state index contributed by atoms with van der Waals surface area (Å²) in [6, 6.07) is 0. The molecule has 0 N–H and O–H groups in total. The Morgan fingerprint density at radius 3 is 2.60 bits per heavy atom. The molecule has 0 amide bonds. The topological polar surface area (TPSA) is 52.6 Å². The van der Waals surface area contributed by atoms with E-state index in [1.54, 1.807) is 13.0 Å². The predicted octanol–water partition coefficient (Wildman–Crippen LogP) is 1.45. The Balaban J connectivity index is 2.70. The molecule has 1 aliphatic heterocycles. The number of rotatable bonds is 2. The van der Waals surface area contributed by atoms with Crippen LogP contribution in [0.15, 0.2) is 11.6 Å². The number of hydrogen-bond acceptors (Lipinski definition) is 4. The van der Waals surface area contributed by atoms with Crippen molar-refractivity contribution < 1.29 is 19.1 Å². The molecule has 4 heteroatoms. The highest BCUT2D eigenvalue weighted by Gasteiger charge is 2.40. The molecule has 84 valence electrons. The molecule has 0 saturated carbocycles. The van der Waals surface area contributed by atoms with Crippen LogP contribution in [0.2, 0.25) is 0 Å². The molecule has 1 atom stereocenters. The monoisotopic (exact) mass is 212 g/mol. The minimum atomic E-state index is -0.461. The van der Waals surface area contributed by atoms with Crippen molar-refractivity contribution in [2.75, 3.05) is 7.11 Å². The Hall–Kier alpha value is -1.32. The standard InChI is InChI=1S/C11H16O4/c1-7(9(12)14-4)5-8-6-11(2,3)10(13)15-8/h5,8H,6H2,1-4H3. The van der Waals surface area contributed by atoms with Gasteiger partial charge in [0.2, 0.25) is 0 Å². The summed E-state index contributed by atoms with van der Waals surface area (Å²) in [5.41, 5.74) is 0.00499.